The third-order valence-electron chi connectivity index (χ3n) is 3.93. The molecule has 0 aliphatic heterocycles. The Hall–Kier alpha value is -1.07. The number of hydrogen-bond donors (Lipinski definition) is 2. The van der Waals surface area contributed by atoms with E-state index in [0.717, 1.165) is 6.42 Å². The van der Waals surface area contributed by atoms with E-state index in [1.54, 1.807) is 25.1 Å². The fraction of sp³-hybridized carbons (Fsp3) is 0.429. The monoisotopic (exact) mass is 359 g/mol. The number of carbonyl (C=O) groups excluding carboxylic acids is 1. The molecule has 1 aliphatic rings. The van der Waals surface area contributed by atoms with Crippen molar-refractivity contribution < 1.29 is 14.7 Å². The molecule has 1 saturated carbocycles. The Morgan fingerprint density at radius 2 is 2.20 bits per heavy atom. The molecule has 0 radical (unpaired) electrons. The van der Waals surface area contributed by atoms with Gasteiger partial charge in [-0.15, -0.1) is 0 Å². The molecule has 2 rings (SSSR count). The van der Waals surface area contributed by atoms with Gasteiger partial charge in [-0.25, -0.2) is 0 Å². The molecule has 1 amide bonds. The van der Waals surface area contributed by atoms with Crippen LogP contribution in [0.2, 0.25) is 5.02 Å². The van der Waals surface area contributed by atoms with E-state index in [1.165, 1.54) is 0 Å². The highest BCUT2D eigenvalue weighted by atomic mass is 79.9. The van der Waals surface area contributed by atoms with Gasteiger partial charge >= 0.3 is 5.97 Å². The van der Waals surface area contributed by atoms with Crippen LogP contribution in [0.1, 0.15) is 36.5 Å². The number of amides is 1. The molecule has 108 valence electrons. The lowest BCUT2D eigenvalue weighted by Gasteiger charge is -2.27. The molecule has 20 heavy (non-hydrogen) atoms. The van der Waals surface area contributed by atoms with Crippen LogP contribution >= 0.6 is 27.5 Å². The van der Waals surface area contributed by atoms with E-state index >= 15 is 0 Å². The third-order valence-corrected chi connectivity index (χ3v) is 5.15. The van der Waals surface area contributed by atoms with Crippen LogP contribution in [0.4, 0.5) is 0 Å². The van der Waals surface area contributed by atoms with Gasteiger partial charge in [0.05, 0.1) is 10.4 Å². The van der Waals surface area contributed by atoms with Crippen molar-refractivity contribution >= 4 is 39.4 Å². The van der Waals surface area contributed by atoms with Gasteiger partial charge in [0.2, 0.25) is 0 Å². The molecule has 0 bridgehead atoms. The summed E-state index contributed by atoms with van der Waals surface area (Å²) >= 11 is 9.15. The summed E-state index contributed by atoms with van der Waals surface area (Å²) in [4.78, 5) is 23.6. The Balaban J connectivity index is 2.15. The second-order valence-electron chi connectivity index (χ2n) is 5.27. The zero-order valence-electron chi connectivity index (χ0n) is 11.0. The average molecular weight is 361 g/mol. The third kappa shape index (κ3) is 2.83. The zero-order chi connectivity index (χ0) is 14.9. The quantitative estimate of drug-likeness (QED) is 0.867. The Kier molecular flexibility index (Phi) is 4.39. The van der Waals surface area contributed by atoms with Gasteiger partial charge in [0.15, 0.2) is 0 Å². The summed E-state index contributed by atoms with van der Waals surface area (Å²) in [5.41, 5.74) is -0.430. The predicted octanol–water partition coefficient (Wildman–Crippen LogP) is 3.48. The van der Waals surface area contributed by atoms with E-state index in [-0.39, 0.29) is 11.9 Å². The number of carboxylic acid groups (broad SMARTS) is 1. The van der Waals surface area contributed by atoms with Crippen LogP contribution in [0, 0.1) is 5.41 Å². The van der Waals surface area contributed by atoms with Crippen molar-refractivity contribution in [2.75, 3.05) is 0 Å². The van der Waals surface area contributed by atoms with Crippen LogP contribution in [0.25, 0.3) is 0 Å². The van der Waals surface area contributed by atoms with Crippen molar-refractivity contribution in [2.24, 2.45) is 5.41 Å². The van der Waals surface area contributed by atoms with E-state index in [0.29, 0.717) is 27.9 Å². The van der Waals surface area contributed by atoms with Crippen LogP contribution < -0.4 is 5.32 Å². The largest absolute Gasteiger partial charge is 0.481 e. The van der Waals surface area contributed by atoms with Crippen LogP contribution in [0.15, 0.2) is 22.7 Å². The molecule has 2 unspecified atom stereocenters. The minimum Gasteiger partial charge on any atom is -0.481 e. The second-order valence-corrected chi connectivity index (χ2v) is 6.53. The maximum atomic E-state index is 12.2. The molecule has 1 aliphatic carbocycles. The fourth-order valence-electron chi connectivity index (χ4n) is 2.53. The number of halogens is 2. The van der Waals surface area contributed by atoms with Crippen LogP contribution in [-0.2, 0) is 4.79 Å². The minimum absolute atomic E-state index is 0.276. The molecule has 1 aromatic carbocycles. The summed E-state index contributed by atoms with van der Waals surface area (Å²) in [6, 6.07) is 4.54. The van der Waals surface area contributed by atoms with Crippen molar-refractivity contribution in [3.8, 4) is 0 Å². The first kappa shape index (κ1) is 15.3. The summed E-state index contributed by atoms with van der Waals surface area (Å²) in [7, 11) is 0. The second kappa shape index (κ2) is 5.74. The molecule has 1 fully saturated rings. The maximum Gasteiger partial charge on any atom is 0.311 e. The topological polar surface area (TPSA) is 66.4 Å². The van der Waals surface area contributed by atoms with Crippen molar-refractivity contribution in [1.29, 1.82) is 0 Å². The van der Waals surface area contributed by atoms with Crippen molar-refractivity contribution in [2.45, 2.75) is 32.2 Å². The molecular weight excluding hydrogens is 346 g/mol. The predicted molar refractivity (Wildman–Crippen MR) is 80.0 cm³/mol. The Bertz CT molecular complexity index is 563. The number of rotatable bonds is 3. The molecule has 2 atom stereocenters. The summed E-state index contributed by atoms with van der Waals surface area (Å²) in [6.45, 7) is 1.69. The van der Waals surface area contributed by atoms with E-state index < -0.39 is 11.4 Å². The molecule has 4 nitrogen and oxygen atoms in total. The summed E-state index contributed by atoms with van der Waals surface area (Å²) in [6.07, 6.45) is 2.07. The first-order chi connectivity index (χ1) is 9.34. The summed E-state index contributed by atoms with van der Waals surface area (Å²) in [5.74, 6) is -1.14. The summed E-state index contributed by atoms with van der Waals surface area (Å²) in [5, 5.41) is 12.7. The minimum atomic E-state index is -0.890. The highest BCUT2D eigenvalue weighted by molar-refractivity contribution is 9.10. The Labute approximate surface area is 130 Å². The number of nitrogens with one attached hydrogen (secondary N) is 1. The highest BCUT2D eigenvalue weighted by Crippen LogP contribution is 2.38. The van der Waals surface area contributed by atoms with Gasteiger partial charge < -0.3 is 10.4 Å². The lowest BCUT2D eigenvalue weighted by Crippen LogP contribution is -2.47. The first-order valence-corrected chi connectivity index (χ1v) is 7.51. The Morgan fingerprint density at radius 1 is 1.50 bits per heavy atom. The SMILES string of the molecule is CC1(C(=O)O)CCCC1NC(=O)c1ccc(Cl)c(Br)c1. The normalized spacial score (nSPS) is 25.4. The number of hydrogen-bond acceptors (Lipinski definition) is 2. The molecule has 1 aromatic rings. The molecule has 6 heteroatoms. The van der Waals surface area contributed by atoms with Gasteiger partial charge in [-0.3, -0.25) is 9.59 Å². The molecule has 0 aromatic heterocycles. The first-order valence-electron chi connectivity index (χ1n) is 6.34. The zero-order valence-corrected chi connectivity index (χ0v) is 13.3. The smallest absolute Gasteiger partial charge is 0.311 e. The van der Waals surface area contributed by atoms with E-state index in [2.05, 4.69) is 21.2 Å². The number of benzene rings is 1. The van der Waals surface area contributed by atoms with Gasteiger partial charge in [0.1, 0.15) is 0 Å². The number of carbonyl (C=O) groups is 2. The maximum absolute atomic E-state index is 12.2. The number of aliphatic carboxylic acids is 1. The van der Waals surface area contributed by atoms with Gasteiger partial charge in [-0.1, -0.05) is 18.0 Å². The molecule has 0 saturated heterocycles. The molecule has 0 heterocycles. The highest BCUT2D eigenvalue weighted by Gasteiger charge is 2.45. The lowest BCUT2D eigenvalue weighted by atomic mass is 9.85. The fourth-order valence-corrected chi connectivity index (χ4v) is 3.03. The van der Waals surface area contributed by atoms with Crippen LogP contribution in [-0.4, -0.2) is 23.0 Å². The van der Waals surface area contributed by atoms with Gasteiger partial charge in [-0.2, -0.15) is 0 Å². The van der Waals surface area contributed by atoms with Crippen molar-refractivity contribution in [3.63, 3.8) is 0 Å². The molecular formula is C14H15BrClNO3. The Morgan fingerprint density at radius 3 is 2.80 bits per heavy atom. The average Bonchev–Trinajstić information content (AvgIpc) is 2.75. The van der Waals surface area contributed by atoms with Gasteiger partial charge in [0.25, 0.3) is 5.91 Å². The van der Waals surface area contributed by atoms with E-state index in [4.69, 9.17) is 11.6 Å². The van der Waals surface area contributed by atoms with E-state index in [1.807, 2.05) is 0 Å². The van der Waals surface area contributed by atoms with Crippen LogP contribution in [0.5, 0.6) is 0 Å². The van der Waals surface area contributed by atoms with Crippen molar-refractivity contribution in [3.05, 3.63) is 33.3 Å². The summed E-state index contributed by atoms with van der Waals surface area (Å²) < 4.78 is 0.638. The van der Waals surface area contributed by atoms with Gasteiger partial charge in [-0.05, 0) is 53.9 Å². The van der Waals surface area contributed by atoms with Crippen LogP contribution in [0.3, 0.4) is 0 Å². The van der Waals surface area contributed by atoms with Gasteiger partial charge in [0, 0.05) is 16.1 Å². The number of carboxylic acids is 1. The van der Waals surface area contributed by atoms with Crippen molar-refractivity contribution in [1.82, 2.24) is 5.32 Å². The standard InChI is InChI=1S/C14H15BrClNO3/c1-14(13(19)20)6-2-3-11(14)17-12(18)8-4-5-10(16)9(15)7-8/h4-5,7,11H,2-3,6H2,1H3,(H,17,18)(H,19,20). The lowest BCUT2D eigenvalue weighted by molar-refractivity contribution is -0.148. The molecule has 0 spiro atoms. The van der Waals surface area contributed by atoms with E-state index in [9.17, 15) is 14.7 Å². The molecule has 2 N–H and O–H groups in total.